The van der Waals surface area contributed by atoms with Crippen LogP contribution in [-0.4, -0.2) is 34.0 Å². The quantitative estimate of drug-likeness (QED) is 0.534. The number of halogens is 2. The third kappa shape index (κ3) is 6.78. The molecule has 0 radical (unpaired) electrons. The van der Waals surface area contributed by atoms with E-state index < -0.39 is 15.8 Å². The normalized spacial score (nSPS) is 10.8. The van der Waals surface area contributed by atoms with E-state index in [0.717, 1.165) is 19.0 Å². The summed E-state index contributed by atoms with van der Waals surface area (Å²) in [6, 6.07) is 9.85. The second-order valence-electron chi connectivity index (χ2n) is 6.10. The summed E-state index contributed by atoms with van der Waals surface area (Å²) in [7, 11) is -3.95. The topological polar surface area (TPSA) is 87.3 Å². The maximum atomic E-state index is 13.7. The Morgan fingerprint density at radius 3 is 2.50 bits per heavy atom. The van der Waals surface area contributed by atoms with Gasteiger partial charge in [0.1, 0.15) is 5.82 Å². The predicted molar refractivity (Wildman–Crippen MR) is 111 cm³/mol. The fourth-order valence-electron chi connectivity index (χ4n) is 2.35. The molecule has 6 nitrogen and oxygen atoms in total. The molecule has 2 aromatic rings. The monoisotopic (exact) mass is 429 g/mol. The lowest BCUT2D eigenvalue weighted by Crippen LogP contribution is -2.32. The van der Waals surface area contributed by atoms with Crippen LogP contribution in [0.4, 0.5) is 10.1 Å². The van der Waals surface area contributed by atoms with Gasteiger partial charge in [0.15, 0.2) is 0 Å². The smallest absolute Gasteiger partial charge is 0.261 e. The molecule has 0 bridgehead atoms. The molecule has 0 unspecified atom stereocenters. The Hall–Kier alpha value is -2.16. The summed E-state index contributed by atoms with van der Waals surface area (Å²) in [6.45, 7) is 5.62. The number of benzene rings is 2. The third-order valence-electron chi connectivity index (χ3n) is 3.84. The maximum Gasteiger partial charge on any atom is 0.261 e. The summed E-state index contributed by atoms with van der Waals surface area (Å²) < 4.78 is 40.9. The van der Waals surface area contributed by atoms with Crippen LogP contribution in [0.25, 0.3) is 0 Å². The van der Waals surface area contributed by atoms with E-state index in [4.69, 9.17) is 0 Å². The highest BCUT2D eigenvalue weighted by Gasteiger charge is 2.16. The van der Waals surface area contributed by atoms with E-state index >= 15 is 0 Å². The minimum Gasteiger partial charge on any atom is -0.351 e. The second-order valence-corrected chi connectivity index (χ2v) is 7.79. The number of amides is 1. The van der Waals surface area contributed by atoms with Gasteiger partial charge in [-0.25, -0.2) is 12.8 Å². The van der Waals surface area contributed by atoms with Crippen molar-refractivity contribution in [2.75, 3.05) is 24.4 Å². The largest absolute Gasteiger partial charge is 0.351 e. The standard InChI is InChI=1S/C19H24FN3O3S.ClH/c1-3-9-21-10-11-22-19(24)15-5-4-6-16(12-15)23-27(25,26)17-8-7-14(2)18(20)13-17;/h4-8,12-13,21,23H,3,9-11H2,1-2H3,(H,22,24);1H. The van der Waals surface area contributed by atoms with Crippen molar-refractivity contribution in [3.63, 3.8) is 0 Å². The Balaban J connectivity index is 0.00000392. The first-order valence-electron chi connectivity index (χ1n) is 8.71. The van der Waals surface area contributed by atoms with Gasteiger partial charge in [-0.2, -0.15) is 0 Å². The van der Waals surface area contributed by atoms with Crippen molar-refractivity contribution in [2.24, 2.45) is 0 Å². The lowest BCUT2D eigenvalue weighted by molar-refractivity contribution is 0.0954. The van der Waals surface area contributed by atoms with Crippen molar-refractivity contribution in [3.8, 4) is 0 Å². The summed E-state index contributed by atoms with van der Waals surface area (Å²) in [5, 5.41) is 5.94. The van der Waals surface area contributed by atoms with E-state index in [9.17, 15) is 17.6 Å². The van der Waals surface area contributed by atoms with Gasteiger partial charge >= 0.3 is 0 Å². The summed E-state index contributed by atoms with van der Waals surface area (Å²) in [6.07, 6.45) is 1.01. The highest BCUT2D eigenvalue weighted by atomic mass is 35.5. The molecule has 0 aliphatic rings. The van der Waals surface area contributed by atoms with Crippen molar-refractivity contribution >= 4 is 34.0 Å². The SMILES string of the molecule is CCCNCCNC(=O)c1cccc(NS(=O)(=O)c2ccc(C)c(F)c2)c1.Cl. The molecule has 0 aliphatic carbocycles. The first-order valence-corrected chi connectivity index (χ1v) is 10.2. The zero-order chi connectivity index (χ0) is 19.9. The molecule has 3 N–H and O–H groups in total. The van der Waals surface area contributed by atoms with Gasteiger partial charge in [-0.05, 0) is 55.8 Å². The van der Waals surface area contributed by atoms with E-state index in [1.807, 2.05) is 0 Å². The van der Waals surface area contributed by atoms with Crippen LogP contribution in [0.5, 0.6) is 0 Å². The van der Waals surface area contributed by atoms with Crippen LogP contribution < -0.4 is 15.4 Å². The first-order chi connectivity index (χ1) is 12.8. The third-order valence-corrected chi connectivity index (χ3v) is 5.22. The van der Waals surface area contributed by atoms with Crippen molar-refractivity contribution in [2.45, 2.75) is 25.2 Å². The Labute approximate surface area is 171 Å². The summed E-state index contributed by atoms with van der Waals surface area (Å²) in [5.41, 5.74) is 0.926. The molecule has 9 heteroatoms. The van der Waals surface area contributed by atoms with Crippen LogP contribution in [0.1, 0.15) is 29.3 Å². The van der Waals surface area contributed by atoms with Crippen molar-refractivity contribution < 1.29 is 17.6 Å². The number of carbonyl (C=O) groups is 1. The van der Waals surface area contributed by atoms with E-state index in [0.29, 0.717) is 24.2 Å². The van der Waals surface area contributed by atoms with Crippen LogP contribution in [0.15, 0.2) is 47.4 Å². The Kier molecular flexibility index (Phi) is 9.37. The van der Waals surface area contributed by atoms with E-state index in [1.54, 1.807) is 19.1 Å². The number of sulfonamides is 1. The maximum absolute atomic E-state index is 13.7. The molecule has 0 spiro atoms. The van der Waals surface area contributed by atoms with Crippen LogP contribution in [-0.2, 0) is 10.0 Å². The average molecular weight is 430 g/mol. The molecule has 0 fully saturated rings. The molecule has 2 aromatic carbocycles. The molecule has 28 heavy (non-hydrogen) atoms. The van der Waals surface area contributed by atoms with E-state index in [2.05, 4.69) is 22.3 Å². The first kappa shape index (κ1) is 23.9. The second kappa shape index (κ2) is 11.0. The van der Waals surface area contributed by atoms with Crippen molar-refractivity contribution in [1.82, 2.24) is 10.6 Å². The Morgan fingerprint density at radius 2 is 1.82 bits per heavy atom. The molecule has 154 valence electrons. The number of nitrogens with one attached hydrogen (secondary N) is 3. The van der Waals surface area contributed by atoms with Gasteiger partial charge < -0.3 is 10.6 Å². The molecular weight excluding hydrogens is 405 g/mol. The van der Waals surface area contributed by atoms with Crippen LogP contribution in [0.3, 0.4) is 0 Å². The fourth-order valence-corrected chi connectivity index (χ4v) is 3.41. The molecule has 0 aliphatic heterocycles. The zero-order valence-electron chi connectivity index (χ0n) is 15.8. The lowest BCUT2D eigenvalue weighted by atomic mass is 10.2. The molecule has 0 aromatic heterocycles. The van der Waals surface area contributed by atoms with Gasteiger partial charge in [0, 0.05) is 24.3 Å². The highest BCUT2D eigenvalue weighted by molar-refractivity contribution is 7.92. The van der Waals surface area contributed by atoms with Gasteiger partial charge in [-0.15, -0.1) is 12.4 Å². The molecule has 0 saturated carbocycles. The zero-order valence-corrected chi connectivity index (χ0v) is 17.4. The van der Waals surface area contributed by atoms with E-state index in [-0.39, 0.29) is 28.9 Å². The molecule has 2 rings (SSSR count). The Bertz CT molecular complexity index is 907. The molecule has 1 amide bonds. The number of hydrogen-bond donors (Lipinski definition) is 3. The van der Waals surface area contributed by atoms with Crippen LogP contribution >= 0.6 is 12.4 Å². The number of aryl methyl sites for hydroxylation is 1. The number of anilines is 1. The van der Waals surface area contributed by atoms with Crippen molar-refractivity contribution in [1.29, 1.82) is 0 Å². The van der Waals surface area contributed by atoms with Crippen LogP contribution in [0, 0.1) is 12.7 Å². The van der Waals surface area contributed by atoms with Crippen LogP contribution in [0.2, 0.25) is 0 Å². The molecule has 0 heterocycles. The van der Waals surface area contributed by atoms with Gasteiger partial charge in [-0.3, -0.25) is 9.52 Å². The average Bonchev–Trinajstić information content (AvgIpc) is 2.63. The number of carbonyl (C=O) groups excluding carboxylic acids is 1. The van der Waals surface area contributed by atoms with Crippen molar-refractivity contribution in [3.05, 3.63) is 59.4 Å². The summed E-state index contributed by atoms with van der Waals surface area (Å²) in [4.78, 5) is 12.0. The number of hydrogen-bond acceptors (Lipinski definition) is 4. The minimum atomic E-state index is -3.95. The number of rotatable bonds is 9. The molecule has 0 atom stereocenters. The summed E-state index contributed by atoms with van der Waals surface area (Å²) >= 11 is 0. The van der Waals surface area contributed by atoms with E-state index in [1.165, 1.54) is 24.3 Å². The van der Waals surface area contributed by atoms with Gasteiger partial charge in [0.25, 0.3) is 15.9 Å². The van der Waals surface area contributed by atoms with Gasteiger partial charge in [0.2, 0.25) is 0 Å². The lowest BCUT2D eigenvalue weighted by Gasteiger charge is -2.11. The van der Waals surface area contributed by atoms with Gasteiger partial charge in [-0.1, -0.05) is 19.1 Å². The summed E-state index contributed by atoms with van der Waals surface area (Å²) in [5.74, 6) is -0.890. The minimum absolute atomic E-state index is 0. The van der Waals surface area contributed by atoms with Gasteiger partial charge in [0.05, 0.1) is 4.90 Å². The fraction of sp³-hybridized carbons (Fsp3) is 0.316. The Morgan fingerprint density at radius 1 is 1.07 bits per heavy atom. The predicted octanol–water partition coefficient (Wildman–Crippen LogP) is 3.09. The molecular formula is C19H25ClFN3O3S. The highest BCUT2D eigenvalue weighted by Crippen LogP contribution is 2.19. The molecule has 0 saturated heterocycles.